The maximum absolute atomic E-state index is 11.7. The molecule has 16 heavy (non-hydrogen) atoms. The lowest BCUT2D eigenvalue weighted by atomic mass is 10.2. The lowest BCUT2D eigenvalue weighted by Gasteiger charge is -2.04. The van der Waals surface area contributed by atoms with Gasteiger partial charge in [-0.25, -0.2) is 0 Å². The topological polar surface area (TPSA) is 29.1 Å². The van der Waals surface area contributed by atoms with Gasteiger partial charge in [0.1, 0.15) is 0 Å². The second kappa shape index (κ2) is 7.07. The van der Waals surface area contributed by atoms with Crippen molar-refractivity contribution in [3.8, 4) is 0 Å². The van der Waals surface area contributed by atoms with Gasteiger partial charge in [0.25, 0.3) is 5.91 Å². The van der Waals surface area contributed by atoms with Crippen molar-refractivity contribution in [3.63, 3.8) is 0 Å². The number of amides is 1. The highest BCUT2D eigenvalue weighted by Gasteiger charge is 2.07. The fraction of sp³-hybridized carbons (Fsp3) is 0.583. The van der Waals surface area contributed by atoms with Gasteiger partial charge in [0, 0.05) is 16.2 Å². The van der Waals surface area contributed by atoms with Crippen LogP contribution < -0.4 is 5.32 Å². The van der Waals surface area contributed by atoms with Gasteiger partial charge in [-0.1, -0.05) is 29.8 Å². The molecule has 90 valence electrons. The van der Waals surface area contributed by atoms with E-state index in [1.807, 2.05) is 12.1 Å². The molecule has 0 saturated carbocycles. The predicted molar refractivity (Wildman–Crippen MR) is 73.7 cm³/mol. The summed E-state index contributed by atoms with van der Waals surface area (Å²) in [5, 5.41) is 2.94. The van der Waals surface area contributed by atoms with E-state index < -0.39 is 0 Å². The smallest absolute Gasteiger partial charge is 0.261 e. The van der Waals surface area contributed by atoms with Crippen LogP contribution in [0.1, 0.15) is 41.2 Å². The van der Waals surface area contributed by atoms with Crippen molar-refractivity contribution in [1.29, 1.82) is 0 Å². The largest absolute Gasteiger partial charge is 0.351 e. The maximum atomic E-state index is 11.7. The second-order valence-electron chi connectivity index (χ2n) is 3.80. The number of nitrogens with one attached hydrogen (secondary N) is 1. The first kappa shape index (κ1) is 13.7. The van der Waals surface area contributed by atoms with Gasteiger partial charge in [-0.2, -0.15) is 0 Å². The molecule has 0 aliphatic rings. The Hall–Kier alpha value is -0.350. The van der Waals surface area contributed by atoms with E-state index in [0.717, 1.165) is 30.7 Å². The van der Waals surface area contributed by atoms with Gasteiger partial charge in [0.15, 0.2) is 0 Å². The molecule has 1 aromatic heterocycles. The van der Waals surface area contributed by atoms with Crippen molar-refractivity contribution in [2.24, 2.45) is 0 Å². The first-order valence-corrected chi connectivity index (χ1v) is 7.37. The number of aryl methyl sites for hydroxylation is 1. The maximum Gasteiger partial charge on any atom is 0.261 e. The van der Waals surface area contributed by atoms with Crippen LogP contribution in [0.4, 0.5) is 0 Å². The Morgan fingerprint density at radius 3 is 2.88 bits per heavy atom. The Morgan fingerprint density at radius 1 is 1.56 bits per heavy atom. The fourth-order valence-electron chi connectivity index (χ4n) is 1.36. The Balaban J connectivity index is 2.29. The van der Waals surface area contributed by atoms with Crippen molar-refractivity contribution in [2.75, 3.05) is 6.54 Å². The first-order valence-electron chi connectivity index (χ1n) is 5.64. The van der Waals surface area contributed by atoms with E-state index in [2.05, 4.69) is 35.1 Å². The molecule has 2 nitrogen and oxygen atoms in total. The molecule has 1 unspecified atom stereocenters. The van der Waals surface area contributed by atoms with Crippen LogP contribution in [0.5, 0.6) is 0 Å². The Labute approximate surface area is 110 Å². The van der Waals surface area contributed by atoms with Crippen molar-refractivity contribution < 1.29 is 4.79 Å². The summed E-state index contributed by atoms with van der Waals surface area (Å²) in [4.78, 5) is 14.3. The van der Waals surface area contributed by atoms with Gasteiger partial charge in [-0.05, 0) is 31.4 Å². The van der Waals surface area contributed by atoms with Crippen LogP contribution in [-0.2, 0) is 6.42 Å². The minimum absolute atomic E-state index is 0.0620. The normalized spacial score (nSPS) is 12.4. The zero-order valence-electron chi connectivity index (χ0n) is 9.75. The zero-order valence-corrected chi connectivity index (χ0v) is 12.2. The molecule has 1 heterocycles. The molecule has 1 amide bonds. The van der Waals surface area contributed by atoms with E-state index in [9.17, 15) is 4.79 Å². The number of alkyl halides is 1. The van der Waals surface area contributed by atoms with E-state index in [1.165, 1.54) is 4.88 Å². The second-order valence-corrected chi connectivity index (χ2v) is 6.53. The minimum Gasteiger partial charge on any atom is -0.351 e. The minimum atomic E-state index is 0.0620. The third kappa shape index (κ3) is 4.66. The summed E-state index contributed by atoms with van der Waals surface area (Å²) in [7, 11) is 0. The molecular weight excluding hydrogens is 286 g/mol. The van der Waals surface area contributed by atoms with Crippen LogP contribution in [-0.4, -0.2) is 17.3 Å². The molecule has 0 aliphatic heterocycles. The predicted octanol–water partition coefficient (Wildman–Crippen LogP) is 3.60. The molecule has 4 heteroatoms. The summed E-state index contributed by atoms with van der Waals surface area (Å²) >= 11 is 5.07. The van der Waals surface area contributed by atoms with Crippen LogP contribution in [0.25, 0.3) is 0 Å². The van der Waals surface area contributed by atoms with Crippen molar-refractivity contribution in [3.05, 3.63) is 21.9 Å². The summed E-state index contributed by atoms with van der Waals surface area (Å²) in [5.74, 6) is 0.0620. The number of carbonyl (C=O) groups is 1. The molecule has 1 aromatic rings. The third-order valence-electron chi connectivity index (χ3n) is 2.30. The zero-order chi connectivity index (χ0) is 12.0. The number of halogens is 1. The lowest BCUT2D eigenvalue weighted by molar-refractivity contribution is 0.0957. The summed E-state index contributed by atoms with van der Waals surface area (Å²) in [6, 6.07) is 3.94. The van der Waals surface area contributed by atoms with Crippen LogP contribution in [0, 0.1) is 0 Å². The van der Waals surface area contributed by atoms with E-state index in [1.54, 1.807) is 11.3 Å². The fourth-order valence-corrected chi connectivity index (χ4v) is 2.55. The van der Waals surface area contributed by atoms with E-state index in [-0.39, 0.29) is 5.91 Å². The average molecular weight is 304 g/mol. The van der Waals surface area contributed by atoms with Crippen LogP contribution in [0.2, 0.25) is 0 Å². The van der Waals surface area contributed by atoms with Crippen molar-refractivity contribution >= 4 is 33.2 Å². The van der Waals surface area contributed by atoms with Gasteiger partial charge in [0.05, 0.1) is 4.88 Å². The van der Waals surface area contributed by atoms with E-state index in [4.69, 9.17) is 0 Å². The summed E-state index contributed by atoms with van der Waals surface area (Å²) in [6.45, 7) is 4.98. The monoisotopic (exact) mass is 303 g/mol. The van der Waals surface area contributed by atoms with Gasteiger partial charge in [-0.3, -0.25) is 4.79 Å². The standard InChI is InChI=1S/C12H18BrNOS/c1-3-10-6-7-11(16-10)12(15)14-8-4-5-9(2)13/h6-7,9H,3-5,8H2,1-2H3,(H,14,15). The Kier molecular flexibility index (Phi) is 6.06. The molecule has 1 N–H and O–H groups in total. The third-order valence-corrected chi connectivity index (χ3v) is 3.98. The highest BCUT2D eigenvalue weighted by molar-refractivity contribution is 9.09. The molecule has 0 radical (unpaired) electrons. The highest BCUT2D eigenvalue weighted by Crippen LogP contribution is 2.16. The van der Waals surface area contributed by atoms with Crippen molar-refractivity contribution in [2.45, 2.75) is 37.9 Å². The van der Waals surface area contributed by atoms with Crippen molar-refractivity contribution in [1.82, 2.24) is 5.32 Å². The van der Waals surface area contributed by atoms with Gasteiger partial charge in [0.2, 0.25) is 0 Å². The Bertz CT molecular complexity index is 336. The van der Waals surface area contributed by atoms with E-state index >= 15 is 0 Å². The molecule has 0 aromatic carbocycles. The van der Waals surface area contributed by atoms with Gasteiger partial charge in [-0.15, -0.1) is 11.3 Å². The first-order chi connectivity index (χ1) is 7.63. The number of rotatable bonds is 6. The highest BCUT2D eigenvalue weighted by atomic mass is 79.9. The lowest BCUT2D eigenvalue weighted by Crippen LogP contribution is -2.23. The van der Waals surface area contributed by atoms with E-state index in [0.29, 0.717) is 4.83 Å². The van der Waals surface area contributed by atoms with Gasteiger partial charge < -0.3 is 5.32 Å². The molecule has 1 rings (SSSR count). The molecule has 0 fully saturated rings. The number of thiophene rings is 1. The summed E-state index contributed by atoms with van der Waals surface area (Å²) in [5.41, 5.74) is 0. The number of carbonyl (C=O) groups excluding carboxylic acids is 1. The molecule has 0 spiro atoms. The van der Waals surface area contributed by atoms with Crippen LogP contribution in [0.15, 0.2) is 12.1 Å². The molecular formula is C12H18BrNOS. The Morgan fingerprint density at radius 2 is 2.31 bits per heavy atom. The molecule has 1 atom stereocenters. The number of hydrogen-bond donors (Lipinski definition) is 1. The molecule has 0 bridgehead atoms. The van der Waals surface area contributed by atoms with Crippen LogP contribution >= 0.6 is 27.3 Å². The average Bonchev–Trinajstić information content (AvgIpc) is 2.72. The van der Waals surface area contributed by atoms with Crippen LogP contribution in [0.3, 0.4) is 0 Å². The summed E-state index contributed by atoms with van der Waals surface area (Å²) in [6.07, 6.45) is 3.11. The quantitative estimate of drug-likeness (QED) is 0.631. The summed E-state index contributed by atoms with van der Waals surface area (Å²) < 4.78 is 0. The molecule has 0 aliphatic carbocycles. The molecule has 0 saturated heterocycles. The number of hydrogen-bond acceptors (Lipinski definition) is 2. The SMILES string of the molecule is CCc1ccc(C(=O)NCCCC(C)Br)s1. The van der Waals surface area contributed by atoms with Gasteiger partial charge >= 0.3 is 0 Å².